The Labute approximate surface area is 205 Å². The molecule has 0 bridgehead atoms. The minimum atomic E-state index is -2.81. The number of piperidine rings is 1. The predicted molar refractivity (Wildman–Crippen MR) is 127 cm³/mol. The monoisotopic (exact) mass is 500 g/mol. The van der Waals surface area contributed by atoms with Crippen LogP contribution < -0.4 is 11.0 Å². The average molecular weight is 501 g/mol. The first kappa shape index (κ1) is 24.4. The highest BCUT2D eigenvalue weighted by Crippen LogP contribution is 2.30. The van der Waals surface area contributed by atoms with Gasteiger partial charge in [-0.2, -0.15) is 4.39 Å². The van der Waals surface area contributed by atoms with Crippen LogP contribution in [0.3, 0.4) is 0 Å². The number of amides is 1. The predicted octanol–water partition coefficient (Wildman–Crippen LogP) is 2.99. The van der Waals surface area contributed by atoms with Crippen LogP contribution in [0.4, 0.5) is 13.2 Å². The molecule has 0 unspecified atom stereocenters. The van der Waals surface area contributed by atoms with Crippen molar-refractivity contribution < 1.29 is 18.0 Å². The number of H-pyrrole nitrogens is 1. The van der Waals surface area contributed by atoms with E-state index in [0.29, 0.717) is 29.6 Å². The summed E-state index contributed by atoms with van der Waals surface area (Å²) in [7, 11) is 0. The molecule has 8 nitrogen and oxygen atoms in total. The molecule has 190 valence electrons. The lowest BCUT2D eigenvalue weighted by molar-refractivity contribution is -0.144. The van der Waals surface area contributed by atoms with Crippen molar-refractivity contribution in [2.45, 2.75) is 44.6 Å². The molecule has 5 rings (SSSR count). The van der Waals surface area contributed by atoms with Gasteiger partial charge < -0.3 is 4.98 Å². The second-order valence-electron chi connectivity index (χ2n) is 9.53. The number of alkyl halides is 2. The maximum absolute atomic E-state index is 14.8. The van der Waals surface area contributed by atoms with E-state index in [1.807, 2.05) is 25.3 Å². The molecule has 3 aromatic heterocycles. The number of hydrazine groups is 1. The lowest BCUT2D eigenvalue weighted by Crippen LogP contribution is -2.62. The Morgan fingerprint density at radius 3 is 2.64 bits per heavy atom. The molecule has 2 fully saturated rings. The minimum absolute atomic E-state index is 0.0292. The summed E-state index contributed by atoms with van der Waals surface area (Å²) in [5.41, 5.74) is 5.71. The van der Waals surface area contributed by atoms with E-state index in [0.717, 1.165) is 42.0 Å². The SMILES string of the molecule is CCc1cc2ncc(CN3CCC(c4ccc(C(=O)NN5CC(F)(F)C5)nc4F)CC3)cc2[nH]c1=O. The van der Waals surface area contributed by atoms with E-state index in [-0.39, 0.29) is 17.2 Å². The van der Waals surface area contributed by atoms with Crippen molar-refractivity contribution >= 4 is 16.9 Å². The summed E-state index contributed by atoms with van der Waals surface area (Å²) in [6.07, 6.45) is 3.92. The van der Waals surface area contributed by atoms with Gasteiger partial charge in [-0.25, -0.2) is 18.8 Å². The van der Waals surface area contributed by atoms with Crippen molar-refractivity contribution in [1.29, 1.82) is 0 Å². The Balaban J connectivity index is 1.18. The zero-order valence-electron chi connectivity index (χ0n) is 19.9. The third-order valence-corrected chi connectivity index (χ3v) is 6.85. The zero-order valence-corrected chi connectivity index (χ0v) is 19.9. The van der Waals surface area contributed by atoms with Crippen LogP contribution in [0.15, 0.2) is 35.3 Å². The van der Waals surface area contributed by atoms with Crippen LogP contribution in [0.1, 0.15) is 52.9 Å². The standard InChI is InChI=1S/C25H27F3N6O2/c1-2-16-10-20-21(31-23(16)35)9-15(11-29-20)12-33-7-5-17(6-8-33)18-3-4-19(30-22(18)26)24(36)32-34-13-25(27,28)14-34/h3-4,9-11,17H,2,5-8,12-14H2,1H3,(H,31,35)(H,32,36). The van der Waals surface area contributed by atoms with Gasteiger partial charge in [-0.15, -0.1) is 0 Å². The third-order valence-electron chi connectivity index (χ3n) is 6.85. The number of nitrogens with zero attached hydrogens (tertiary/aromatic N) is 4. The number of rotatable bonds is 6. The molecule has 5 heterocycles. The third kappa shape index (κ3) is 5.12. The molecule has 0 aromatic carbocycles. The highest BCUT2D eigenvalue weighted by molar-refractivity contribution is 5.91. The average Bonchev–Trinajstić information content (AvgIpc) is 2.83. The van der Waals surface area contributed by atoms with E-state index in [1.165, 1.54) is 6.07 Å². The molecule has 0 aliphatic carbocycles. The number of aromatic nitrogens is 3. The molecule has 3 aromatic rings. The van der Waals surface area contributed by atoms with Crippen molar-refractivity contribution in [3.8, 4) is 0 Å². The maximum Gasteiger partial charge on any atom is 0.284 e. The highest BCUT2D eigenvalue weighted by Gasteiger charge is 2.44. The molecule has 0 saturated carbocycles. The van der Waals surface area contributed by atoms with E-state index >= 15 is 0 Å². The van der Waals surface area contributed by atoms with Gasteiger partial charge in [-0.3, -0.25) is 24.9 Å². The second-order valence-corrected chi connectivity index (χ2v) is 9.53. The van der Waals surface area contributed by atoms with Gasteiger partial charge in [-0.05, 0) is 62.0 Å². The van der Waals surface area contributed by atoms with Gasteiger partial charge in [0.05, 0.1) is 24.1 Å². The smallest absolute Gasteiger partial charge is 0.284 e. The van der Waals surface area contributed by atoms with Crippen molar-refractivity contribution in [1.82, 2.24) is 30.3 Å². The second kappa shape index (κ2) is 9.62. The van der Waals surface area contributed by atoms with Crippen molar-refractivity contribution in [3.05, 3.63) is 69.1 Å². The van der Waals surface area contributed by atoms with Gasteiger partial charge in [0.1, 0.15) is 5.69 Å². The van der Waals surface area contributed by atoms with Crippen LogP contribution in [0.25, 0.3) is 11.0 Å². The van der Waals surface area contributed by atoms with Gasteiger partial charge in [0.2, 0.25) is 5.95 Å². The first-order valence-corrected chi connectivity index (χ1v) is 12.0. The number of nitrogens with one attached hydrogen (secondary N) is 2. The van der Waals surface area contributed by atoms with Crippen LogP contribution in [-0.2, 0) is 13.0 Å². The number of aromatic amines is 1. The molecule has 2 saturated heterocycles. The molecular formula is C25H27F3N6O2. The summed E-state index contributed by atoms with van der Waals surface area (Å²) >= 11 is 0. The van der Waals surface area contributed by atoms with Crippen LogP contribution in [0.5, 0.6) is 0 Å². The fourth-order valence-electron chi connectivity index (χ4n) is 4.84. The molecule has 36 heavy (non-hydrogen) atoms. The normalized spacial score (nSPS) is 18.8. The van der Waals surface area contributed by atoms with Gasteiger partial charge in [-0.1, -0.05) is 13.0 Å². The van der Waals surface area contributed by atoms with E-state index in [9.17, 15) is 22.8 Å². The van der Waals surface area contributed by atoms with Crippen LogP contribution in [-0.4, -0.2) is 62.9 Å². The number of hydrogen-bond acceptors (Lipinski definition) is 6. The Morgan fingerprint density at radius 2 is 1.97 bits per heavy atom. The van der Waals surface area contributed by atoms with Crippen molar-refractivity contribution in [2.75, 3.05) is 26.2 Å². The zero-order chi connectivity index (χ0) is 25.4. The minimum Gasteiger partial charge on any atom is -0.320 e. The van der Waals surface area contributed by atoms with Crippen molar-refractivity contribution in [3.63, 3.8) is 0 Å². The summed E-state index contributed by atoms with van der Waals surface area (Å²) in [6.45, 7) is 2.97. The molecule has 0 radical (unpaired) electrons. The lowest BCUT2D eigenvalue weighted by Gasteiger charge is -2.38. The molecular weight excluding hydrogens is 473 g/mol. The number of aryl methyl sites for hydroxylation is 1. The van der Waals surface area contributed by atoms with Crippen LogP contribution >= 0.6 is 0 Å². The first-order chi connectivity index (χ1) is 17.2. The molecule has 0 spiro atoms. The Hall–Kier alpha value is -3.31. The number of likely N-dealkylation sites (tertiary alicyclic amines) is 1. The van der Waals surface area contributed by atoms with E-state index in [1.54, 1.807) is 6.07 Å². The van der Waals surface area contributed by atoms with E-state index in [4.69, 9.17) is 0 Å². The van der Waals surface area contributed by atoms with E-state index in [2.05, 4.69) is 25.3 Å². The number of hydrogen-bond donors (Lipinski definition) is 2. The Bertz CT molecular complexity index is 1350. The van der Waals surface area contributed by atoms with Gasteiger partial charge >= 0.3 is 0 Å². The van der Waals surface area contributed by atoms with Crippen molar-refractivity contribution in [2.24, 2.45) is 0 Å². The molecule has 0 atom stereocenters. The molecule has 11 heteroatoms. The Kier molecular flexibility index (Phi) is 6.52. The molecule has 2 aliphatic rings. The van der Waals surface area contributed by atoms with Crippen LogP contribution in [0, 0.1) is 5.95 Å². The number of halogens is 3. The van der Waals surface area contributed by atoms with Crippen LogP contribution in [0.2, 0.25) is 0 Å². The highest BCUT2D eigenvalue weighted by atomic mass is 19.3. The first-order valence-electron chi connectivity index (χ1n) is 12.0. The molecule has 2 N–H and O–H groups in total. The lowest BCUT2D eigenvalue weighted by atomic mass is 9.90. The van der Waals surface area contributed by atoms with Gasteiger partial charge in [0.15, 0.2) is 0 Å². The van der Waals surface area contributed by atoms with E-state index < -0.39 is 30.9 Å². The van der Waals surface area contributed by atoms with Gasteiger partial charge in [0.25, 0.3) is 17.4 Å². The number of pyridine rings is 3. The summed E-state index contributed by atoms with van der Waals surface area (Å²) < 4.78 is 40.6. The largest absolute Gasteiger partial charge is 0.320 e. The fraction of sp³-hybridized carbons (Fsp3) is 0.440. The molecule has 2 aliphatic heterocycles. The summed E-state index contributed by atoms with van der Waals surface area (Å²) in [5.74, 6) is -4.25. The fourth-order valence-corrected chi connectivity index (χ4v) is 4.84. The quantitative estimate of drug-likeness (QED) is 0.506. The number of fused-ring (bicyclic) bond motifs is 1. The summed E-state index contributed by atoms with van der Waals surface area (Å²) in [6, 6.07) is 6.77. The topological polar surface area (TPSA) is 94.2 Å². The summed E-state index contributed by atoms with van der Waals surface area (Å²) in [4.78, 5) is 37.8. The maximum atomic E-state index is 14.8. The number of carbonyl (C=O) groups excluding carboxylic acids is 1. The Morgan fingerprint density at radius 1 is 1.22 bits per heavy atom. The number of carbonyl (C=O) groups is 1. The summed E-state index contributed by atoms with van der Waals surface area (Å²) in [5, 5.41) is 1.08. The molecule has 1 amide bonds. The van der Waals surface area contributed by atoms with Gasteiger partial charge in [0, 0.05) is 23.9 Å².